The van der Waals surface area contributed by atoms with Gasteiger partial charge in [0.2, 0.25) is 0 Å². The molecule has 1 aliphatic heterocycles. The van der Waals surface area contributed by atoms with Crippen LogP contribution in [0.5, 0.6) is 0 Å². The van der Waals surface area contributed by atoms with Gasteiger partial charge in [0.15, 0.2) is 11.8 Å². The molecule has 0 amide bonds. The summed E-state index contributed by atoms with van der Waals surface area (Å²) >= 11 is 0. The third kappa shape index (κ3) is 5.31. The largest absolute Gasteiger partial charge is 0.349 e. The number of fused-ring (bicyclic) bond motifs is 1. The lowest BCUT2D eigenvalue weighted by Gasteiger charge is -2.31. The molecule has 1 aliphatic carbocycles. The predicted octanol–water partition coefficient (Wildman–Crippen LogP) is 3.07. The lowest BCUT2D eigenvalue weighted by molar-refractivity contribution is 0.250. The minimum absolute atomic E-state index is 0. The highest BCUT2D eigenvalue weighted by Gasteiger charge is 2.21. The molecule has 0 atom stereocenters. The van der Waals surface area contributed by atoms with E-state index in [0.717, 1.165) is 49.0 Å². The third-order valence-electron chi connectivity index (χ3n) is 5.58. The smallest absolute Gasteiger partial charge is 0.193 e. The fourth-order valence-electron chi connectivity index (χ4n) is 4.03. The van der Waals surface area contributed by atoms with Crippen LogP contribution in [0, 0.1) is 11.8 Å². The van der Waals surface area contributed by atoms with E-state index in [0.29, 0.717) is 6.54 Å². The molecule has 1 fully saturated rings. The Labute approximate surface area is 168 Å². The molecule has 0 spiro atoms. The summed E-state index contributed by atoms with van der Waals surface area (Å²) in [5.41, 5.74) is 0. The summed E-state index contributed by atoms with van der Waals surface area (Å²) < 4.78 is 2.27. The molecule has 0 saturated heterocycles. The van der Waals surface area contributed by atoms with Crippen molar-refractivity contribution >= 4 is 29.9 Å². The Bertz CT molecular complexity index is 562. The summed E-state index contributed by atoms with van der Waals surface area (Å²) in [6, 6.07) is 0. The summed E-state index contributed by atoms with van der Waals surface area (Å²) in [6.45, 7) is 5.21. The zero-order valence-electron chi connectivity index (χ0n) is 15.9. The quantitative estimate of drug-likeness (QED) is 0.427. The van der Waals surface area contributed by atoms with Crippen LogP contribution in [-0.4, -0.2) is 46.3 Å². The first-order valence-corrected chi connectivity index (χ1v) is 9.50. The Balaban J connectivity index is 0.00000225. The van der Waals surface area contributed by atoms with Crippen molar-refractivity contribution in [3.8, 4) is 0 Å². The molecule has 0 radical (unpaired) electrons. The van der Waals surface area contributed by atoms with Crippen molar-refractivity contribution in [1.82, 2.24) is 25.0 Å². The molecule has 142 valence electrons. The van der Waals surface area contributed by atoms with Crippen molar-refractivity contribution in [3.63, 3.8) is 0 Å². The maximum Gasteiger partial charge on any atom is 0.193 e. The van der Waals surface area contributed by atoms with Gasteiger partial charge >= 0.3 is 0 Å². The van der Waals surface area contributed by atoms with E-state index < -0.39 is 0 Å². The maximum absolute atomic E-state index is 4.45. The molecular formula is C18H33IN6. The topological polar surface area (TPSA) is 58.3 Å². The van der Waals surface area contributed by atoms with Crippen molar-refractivity contribution in [2.45, 2.75) is 65.0 Å². The van der Waals surface area contributed by atoms with Gasteiger partial charge in [0.05, 0.1) is 6.54 Å². The van der Waals surface area contributed by atoms with E-state index >= 15 is 0 Å². The molecule has 7 heteroatoms. The predicted molar refractivity (Wildman–Crippen MR) is 112 cm³/mol. The Morgan fingerprint density at radius 3 is 2.72 bits per heavy atom. The molecule has 1 N–H and O–H groups in total. The number of rotatable bonds is 4. The number of halogens is 1. The first kappa shape index (κ1) is 20.5. The number of aliphatic imine (C=N–C) groups is 1. The molecule has 0 aromatic carbocycles. The maximum atomic E-state index is 4.45. The van der Waals surface area contributed by atoms with Gasteiger partial charge in [-0.3, -0.25) is 4.99 Å². The van der Waals surface area contributed by atoms with Gasteiger partial charge in [0, 0.05) is 33.6 Å². The minimum Gasteiger partial charge on any atom is -0.349 e. The van der Waals surface area contributed by atoms with E-state index in [2.05, 4.69) is 43.9 Å². The average molecular weight is 460 g/mol. The van der Waals surface area contributed by atoms with Gasteiger partial charge in [-0.25, -0.2) is 0 Å². The van der Waals surface area contributed by atoms with Crippen molar-refractivity contribution in [2.24, 2.45) is 16.8 Å². The standard InChI is InChI=1S/C18H32N6.HI/c1-14-7-9-15(10-8-14)13-23(3)18(19-2)20-12-17-22-21-16-6-4-5-11-24(16)17;/h14-15H,4-13H2,1-3H3,(H,19,20);1H. The molecule has 1 saturated carbocycles. The van der Waals surface area contributed by atoms with Crippen LogP contribution in [0.3, 0.4) is 0 Å². The number of hydrogen-bond acceptors (Lipinski definition) is 3. The number of nitrogens with zero attached hydrogens (tertiary/aromatic N) is 5. The lowest BCUT2D eigenvalue weighted by atomic mass is 9.83. The summed E-state index contributed by atoms with van der Waals surface area (Å²) in [4.78, 5) is 6.73. The highest BCUT2D eigenvalue weighted by atomic mass is 127. The number of aryl methyl sites for hydroxylation is 1. The molecule has 2 aliphatic rings. The van der Waals surface area contributed by atoms with E-state index in [1.807, 2.05) is 7.05 Å². The summed E-state index contributed by atoms with van der Waals surface area (Å²) in [5, 5.41) is 12.2. The molecule has 2 heterocycles. The molecule has 1 aromatic heterocycles. The van der Waals surface area contributed by atoms with E-state index in [-0.39, 0.29) is 24.0 Å². The van der Waals surface area contributed by atoms with Crippen LogP contribution in [0.25, 0.3) is 0 Å². The third-order valence-corrected chi connectivity index (χ3v) is 5.58. The molecule has 1 aromatic rings. The summed E-state index contributed by atoms with van der Waals surface area (Å²) in [6.07, 6.45) is 8.96. The van der Waals surface area contributed by atoms with Gasteiger partial charge in [0.1, 0.15) is 5.82 Å². The fourth-order valence-corrected chi connectivity index (χ4v) is 4.03. The van der Waals surface area contributed by atoms with Crippen LogP contribution in [0.4, 0.5) is 0 Å². The van der Waals surface area contributed by atoms with Crippen LogP contribution >= 0.6 is 24.0 Å². The monoisotopic (exact) mass is 460 g/mol. The van der Waals surface area contributed by atoms with Gasteiger partial charge < -0.3 is 14.8 Å². The zero-order chi connectivity index (χ0) is 16.9. The number of hydrogen-bond donors (Lipinski definition) is 1. The van der Waals surface area contributed by atoms with E-state index in [9.17, 15) is 0 Å². The van der Waals surface area contributed by atoms with Crippen LogP contribution in [0.15, 0.2) is 4.99 Å². The average Bonchev–Trinajstić information content (AvgIpc) is 3.01. The molecular weight excluding hydrogens is 427 g/mol. The van der Waals surface area contributed by atoms with Gasteiger partial charge in [-0.15, -0.1) is 34.2 Å². The van der Waals surface area contributed by atoms with Crippen molar-refractivity contribution in [3.05, 3.63) is 11.6 Å². The highest BCUT2D eigenvalue weighted by molar-refractivity contribution is 14.0. The number of aromatic nitrogens is 3. The lowest BCUT2D eigenvalue weighted by Crippen LogP contribution is -2.41. The Hall–Kier alpha value is -0.860. The number of guanidine groups is 1. The van der Waals surface area contributed by atoms with E-state index in [4.69, 9.17) is 0 Å². The zero-order valence-corrected chi connectivity index (χ0v) is 18.2. The van der Waals surface area contributed by atoms with Crippen LogP contribution in [0.1, 0.15) is 57.1 Å². The Morgan fingerprint density at radius 2 is 2.00 bits per heavy atom. The first-order valence-electron chi connectivity index (χ1n) is 9.50. The highest BCUT2D eigenvalue weighted by Crippen LogP contribution is 2.28. The molecule has 0 unspecified atom stereocenters. The van der Waals surface area contributed by atoms with Crippen molar-refractivity contribution in [1.29, 1.82) is 0 Å². The minimum atomic E-state index is 0. The second-order valence-corrected chi connectivity index (χ2v) is 7.55. The van der Waals surface area contributed by atoms with Crippen LogP contribution in [-0.2, 0) is 19.5 Å². The van der Waals surface area contributed by atoms with Crippen molar-refractivity contribution < 1.29 is 0 Å². The molecule has 6 nitrogen and oxygen atoms in total. The summed E-state index contributed by atoms with van der Waals surface area (Å²) in [7, 11) is 4.01. The van der Waals surface area contributed by atoms with E-state index in [1.54, 1.807) is 0 Å². The second-order valence-electron chi connectivity index (χ2n) is 7.55. The molecule has 0 bridgehead atoms. The Kier molecular flexibility index (Phi) is 7.96. The van der Waals surface area contributed by atoms with Crippen molar-refractivity contribution in [2.75, 3.05) is 20.6 Å². The normalized spacial score (nSPS) is 23.6. The Morgan fingerprint density at radius 1 is 1.24 bits per heavy atom. The van der Waals surface area contributed by atoms with Gasteiger partial charge in [-0.05, 0) is 37.5 Å². The summed E-state index contributed by atoms with van der Waals surface area (Å²) in [5.74, 6) is 4.83. The fraction of sp³-hybridized carbons (Fsp3) is 0.833. The van der Waals surface area contributed by atoms with E-state index in [1.165, 1.54) is 38.5 Å². The molecule has 25 heavy (non-hydrogen) atoms. The molecule has 3 rings (SSSR count). The van der Waals surface area contributed by atoms with Crippen LogP contribution < -0.4 is 5.32 Å². The van der Waals surface area contributed by atoms with Gasteiger partial charge in [0.25, 0.3) is 0 Å². The SMILES string of the molecule is CN=C(NCc1nnc2n1CCCC2)N(C)CC1CCC(C)CC1.I. The van der Waals surface area contributed by atoms with Crippen LogP contribution in [0.2, 0.25) is 0 Å². The van der Waals surface area contributed by atoms with Gasteiger partial charge in [-0.1, -0.05) is 19.8 Å². The second kappa shape index (κ2) is 9.73. The number of nitrogens with one attached hydrogen (secondary N) is 1. The van der Waals surface area contributed by atoms with Gasteiger partial charge in [-0.2, -0.15) is 0 Å². The first-order chi connectivity index (χ1) is 11.7.